The van der Waals surface area contributed by atoms with Crippen molar-refractivity contribution in [2.75, 3.05) is 13.2 Å². The molecule has 0 fully saturated rings. The fraction of sp³-hybridized carbons (Fsp3) is 0.263. The lowest BCUT2D eigenvalue weighted by molar-refractivity contribution is -0.120. The monoisotopic (exact) mass is 344 g/mol. The van der Waals surface area contributed by atoms with E-state index in [1.165, 1.54) is 6.07 Å². The first-order valence-electron chi connectivity index (χ1n) is 8.03. The van der Waals surface area contributed by atoms with E-state index in [1.807, 2.05) is 6.92 Å². The molecule has 0 atom stereocenters. The number of para-hydroxylation sites is 1. The minimum atomic E-state index is -0.388. The summed E-state index contributed by atoms with van der Waals surface area (Å²) in [5, 5.41) is 5.19. The number of aryl methyl sites for hydroxylation is 1. The highest BCUT2D eigenvalue weighted by Crippen LogP contribution is 2.17. The maximum Gasteiger partial charge on any atom is 0.255 e. The molecule has 0 saturated heterocycles. The van der Waals surface area contributed by atoms with Crippen molar-refractivity contribution in [3.05, 3.63) is 65.0 Å². The summed E-state index contributed by atoms with van der Waals surface area (Å²) in [4.78, 5) is 24.0. The van der Waals surface area contributed by atoms with Crippen LogP contribution < -0.4 is 15.4 Å². The van der Waals surface area contributed by atoms with Gasteiger partial charge in [0.05, 0.1) is 18.7 Å². The SMILES string of the molecule is CCOc1ccccc1C(=O)NCC(=O)NCc1ccc(C)c(F)c1. The van der Waals surface area contributed by atoms with Crippen LogP contribution in [-0.4, -0.2) is 25.0 Å². The first kappa shape index (κ1) is 18.4. The number of rotatable bonds is 7. The average Bonchev–Trinajstić information content (AvgIpc) is 2.61. The van der Waals surface area contributed by atoms with Gasteiger partial charge in [0.1, 0.15) is 11.6 Å². The van der Waals surface area contributed by atoms with Gasteiger partial charge in [-0.3, -0.25) is 9.59 Å². The largest absolute Gasteiger partial charge is 0.493 e. The number of hydrogen-bond acceptors (Lipinski definition) is 3. The summed E-state index contributed by atoms with van der Waals surface area (Å²) in [6.07, 6.45) is 0. The maximum absolute atomic E-state index is 13.5. The second-order valence-corrected chi connectivity index (χ2v) is 5.47. The van der Waals surface area contributed by atoms with Crippen molar-refractivity contribution in [2.45, 2.75) is 20.4 Å². The molecule has 2 amide bonds. The fourth-order valence-electron chi connectivity index (χ4n) is 2.20. The van der Waals surface area contributed by atoms with Gasteiger partial charge in [-0.15, -0.1) is 0 Å². The van der Waals surface area contributed by atoms with E-state index in [9.17, 15) is 14.0 Å². The first-order chi connectivity index (χ1) is 12.0. The number of nitrogens with one attached hydrogen (secondary N) is 2. The highest BCUT2D eigenvalue weighted by molar-refractivity contribution is 5.98. The van der Waals surface area contributed by atoms with Crippen LogP contribution in [0.25, 0.3) is 0 Å². The summed E-state index contributed by atoms with van der Waals surface area (Å²) in [6.45, 7) is 3.97. The minimum absolute atomic E-state index is 0.173. The molecule has 0 spiro atoms. The van der Waals surface area contributed by atoms with E-state index < -0.39 is 0 Å². The van der Waals surface area contributed by atoms with Gasteiger partial charge in [-0.05, 0) is 43.2 Å². The van der Waals surface area contributed by atoms with Gasteiger partial charge >= 0.3 is 0 Å². The second-order valence-electron chi connectivity index (χ2n) is 5.47. The zero-order valence-electron chi connectivity index (χ0n) is 14.3. The number of hydrogen-bond donors (Lipinski definition) is 2. The fourth-order valence-corrected chi connectivity index (χ4v) is 2.20. The number of ether oxygens (including phenoxy) is 1. The van der Waals surface area contributed by atoms with Crippen LogP contribution in [0.15, 0.2) is 42.5 Å². The Bertz CT molecular complexity index is 762. The number of benzene rings is 2. The molecule has 2 aromatic rings. The Morgan fingerprint density at radius 1 is 1.12 bits per heavy atom. The van der Waals surface area contributed by atoms with Gasteiger partial charge in [0, 0.05) is 6.54 Å². The number of carbonyl (C=O) groups excluding carboxylic acids is 2. The number of halogens is 1. The molecular weight excluding hydrogens is 323 g/mol. The summed E-state index contributed by atoms with van der Waals surface area (Å²) in [5.41, 5.74) is 1.58. The van der Waals surface area contributed by atoms with Crippen molar-refractivity contribution >= 4 is 11.8 Å². The van der Waals surface area contributed by atoms with Gasteiger partial charge in [-0.2, -0.15) is 0 Å². The van der Waals surface area contributed by atoms with Crippen LogP contribution in [0.2, 0.25) is 0 Å². The molecule has 2 aromatic carbocycles. The third kappa shape index (κ3) is 5.31. The molecule has 6 heteroatoms. The summed E-state index contributed by atoms with van der Waals surface area (Å²) in [6, 6.07) is 11.6. The lowest BCUT2D eigenvalue weighted by Gasteiger charge is -2.11. The van der Waals surface area contributed by atoms with Crippen LogP contribution in [-0.2, 0) is 11.3 Å². The molecule has 0 aliphatic rings. The van der Waals surface area contributed by atoms with Crippen LogP contribution in [0.1, 0.15) is 28.4 Å². The Hall–Kier alpha value is -2.89. The van der Waals surface area contributed by atoms with Gasteiger partial charge in [0.2, 0.25) is 5.91 Å². The van der Waals surface area contributed by atoms with E-state index in [1.54, 1.807) is 43.3 Å². The van der Waals surface area contributed by atoms with Gasteiger partial charge in [-0.1, -0.05) is 24.3 Å². The van der Waals surface area contributed by atoms with E-state index in [-0.39, 0.29) is 30.7 Å². The topological polar surface area (TPSA) is 67.4 Å². The minimum Gasteiger partial charge on any atom is -0.493 e. The number of carbonyl (C=O) groups is 2. The smallest absolute Gasteiger partial charge is 0.255 e. The zero-order valence-corrected chi connectivity index (χ0v) is 14.3. The molecule has 25 heavy (non-hydrogen) atoms. The third-order valence-electron chi connectivity index (χ3n) is 3.57. The van der Waals surface area contributed by atoms with Crippen molar-refractivity contribution in [3.63, 3.8) is 0 Å². The lowest BCUT2D eigenvalue weighted by atomic mass is 10.1. The first-order valence-corrected chi connectivity index (χ1v) is 8.03. The Balaban J connectivity index is 1.85. The van der Waals surface area contributed by atoms with E-state index in [0.29, 0.717) is 29.0 Å². The highest BCUT2D eigenvalue weighted by Gasteiger charge is 2.13. The van der Waals surface area contributed by atoms with Gasteiger partial charge in [0.25, 0.3) is 5.91 Å². The predicted molar refractivity (Wildman–Crippen MR) is 92.9 cm³/mol. The summed E-state index contributed by atoms with van der Waals surface area (Å²) in [5.74, 6) is -0.588. The molecule has 0 unspecified atom stereocenters. The van der Waals surface area contributed by atoms with E-state index in [4.69, 9.17) is 4.74 Å². The summed E-state index contributed by atoms with van der Waals surface area (Å²) >= 11 is 0. The zero-order chi connectivity index (χ0) is 18.2. The molecule has 2 rings (SSSR count). The molecule has 0 radical (unpaired) electrons. The maximum atomic E-state index is 13.5. The number of amides is 2. The molecule has 0 aliphatic carbocycles. The van der Waals surface area contributed by atoms with Crippen molar-refractivity contribution in [3.8, 4) is 5.75 Å². The van der Waals surface area contributed by atoms with Crippen LogP contribution in [0, 0.1) is 12.7 Å². The van der Waals surface area contributed by atoms with Crippen molar-refractivity contribution in [2.24, 2.45) is 0 Å². The summed E-state index contributed by atoms with van der Waals surface area (Å²) < 4.78 is 18.9. The molecule has 0 heterocycles. The molecule has 0 aliphatic heterocycles. The van der Waals surface area contributed by atoms with Gasteiger partial charge in [0.15, 0.2) is 0 Å². The second kappa shape index (κ2) is 8.82. The summed E-state index contributed by atoms with van der Waals surface area (Å²) in [7, 11) is 0. The standard InChI is InChI=1S/C19H21FN2O3/c1-3-25-17-7-5-4-6-15(17)19(24)22-12-18(23)21-11-14-9-8-13(2)16(20)10-14/h4-10H,3,11-12H2,1-2H3,(H,21,23)(H,22,24). The molecule has 132 valence electrons. The Morgan fingerprint density at radius 2 is 1.88 bits per heavy atom. The van der Waals surface area contributed by atoms with E-state index in [0.717, 1.165) is 0 Å². The quantitative estimate of drug-likeness (QED) is 0.811. The van der Waals surface area contributed by atoms with E-state index >= 15 is 0 Å². The van der Waals surface area contributed by atoms with Crippen LogP contribution in [0.4, 0.5) is 4.39 Å². The Labute approximate surface area is 146 Å². The van der Waals surface area contributed by atoms with Crippen molar-refractivity contribution < 1.29 is 18.7 Å². The average molecular weight is 344 g/mol. The predicted octanol–water partition coefficient (Wildman–Crippen LogP) is 2.58. The van der Waals surface area contributed by atoms with Crippen LogP contribution in [0.5, 0.6) is 5.75 Å². The third-order valence-corrected chi connectivity index (χ3v) is 3.57. The Kier molecular flexibility index (Phi) is 6.51. The molecule has 2 N–H and O–H groups in total. The highest BCUT2D eigenvalue weighted by atomic mass is 19.1. The Morgan fingerprint density at radius 3 is 2.60 bits per heavy atom. The lowest BCUT2D eigenvalue weighted by Crippen LogP contribution is -2.36. The van der Waals surface area contributed by atoms with Crippen molar-refractivity contribution in [1.29, 1.82) is 0 Å². The van der Waals surface area contributed by atoms with Crippen LogP contribution in [0.3, 0.4) is 0 Å². The van der Waals surface area contributed by atoms with E-state index in [2.05, 4.69) is 10.6 Å². The van der Waals surface area contributed by atoms with Gasteiger partial charge < -0.3 is 15.4 Å². The molecule has 0 aromatic heterocycles. The molecule has 0 saturated carbocycles. The molecule has 0 bridgehead atoms. The molecular formula is C19H21FN2O3. The van der Waals surface area contributed by atoms with Crippen molar-refractivity contribution in [1.82, 2.24) is 10.6 Å². The normalized spacial score (nSPS) is 10.2. The van der Waals surface area contributed by atoms with Gasteiger partial charge in [-0.25, -0.2) is 4.39 Å². The van der Waals surface area contributed by atoms with Crippen LogP contribution >= 0.6 is 0 Å². The molecule has 5 nitrogen and oxygen atoms in total.